The summed E-state index contributed by atoms with van der Waals surface area (Å²) in [6.07, 6.45) is 1.51. The summed E-state index contributed by atoms with van der Waals surface area (Å²) in [7, 11) is 1.30. The number of hydrogen-bond acceptors (Lipinski definition) is 5. The highest BCUT2D eigenvalue weighted by Crippen LogP contribution is 1.95. The summed E-state index contributed by atoms with van der Waals surface area (Å²) in [6.45, 7) is 2.38. The molecule has 13 heavy (non-hydrogen) atoms. The lowest BCUT2D eigenvalue weighted by Crippen LogP contribution is -2.22. The maximum absolute atomic E-state index is 10.9. The Balaban J connectivity index is 2.69. The van der Waals surface area contributed by atoms with Crippen molar-refractivity contribution in [3.05, 3.63) is 11.9 Å². The molecular formula is C7H12N4O2. The molecule has 6 nitrogen and oxygen atoms in total. The topological polar surface area (TPSA) is 83.0 Å². The first-order valence-corrected chi connectivity index (χ1v) is 3.87. The first-order valence-electron chi connectivity index (χ1n) is 3.87. The van der Waals surface area contributed by atoms with Gasteiger partial charge in [-0.05, 0) is 6.92 Å². The molecule has 1 atom stereocenters. The molecule has 1 rings (SSSR count). The van der Waals surface area contributed by atoms with Gasteiger partial charge in [-0.15, -0.1) is 5.10 Å². The van der Waals surface area contributed by atoms with Crippen LogP contribution in [0.4, 0.5) is 0 Å². The van der Waals surface area contributed by atoms with E-state index in [1.165, 1.54) is 18.0 Å². The van der Waals surface area contributed by atoms with E-state index in [0.29, 0.717) is 6.54 Å². The second-order valence-electron chi connectivity index (χ2n) is 2.79. The molecule has 0 spiro atoms. The molecule has 0 aromatic carbocycles. The van der Waals surface area contributed by atoms with E-state index in [1.807, 2.05) is 6.92 Å². The number of aromatic nitrogens is 3. The molecule has 72 valence electrons. The Hall–Kier alpha value is -1.43. The summed E-state index contributed by atoms with van der Waals surface area (Å²) in [5.74, 6) is -0.490. The smallest absolute Gasteiger partial charge is 0.360 e. The van der Waals surface area contributed by atoms with Crippen molar-refractivity contribution in [2.24, 2.45) is 5.73 Å². The predicted octanol–water partition coefficient (Wildman–Crippen LogP) is -0.588. The molecule has 1 aromatic heterocycles. The van der Waals surface area contributed by atoms with Crippen LogP contribution in [0.3, 0.4) is 0 Å². The molecule has 0 aliphatic rings. The number of nitrogens with two attached hydrogens (primary N) is 1. The lowest BCUT2D eigenvalue weighted by Gasteiger charge is -2.01. The predicted molar refractivity (Wildman–Crippen MR) is 45.0 cm³/mol. The SMILES string of the molecule is COC(=O)c1cn(C[C@H](C)N)nn1. The lowest BCUT2D eigenvalue weighted by molar-refractivity contribution is 0.0594. The Bertz CT molecular complexity index is 294. The van der Waals surface area contributed by atoms with Crippen molar-refractivity contribution in [3.63, 3.8) is 0 Å². The van der Waals surface area contributed by atoms with E-state index in [9.17, 15) is 4.79 Å². The molecule has 0 bridgehead atoms. The van der Waals surface area contributed by atoms with Crippen molar-refractivity contribution >= 4 is 5.97 Å². The van der Waals surface area contributed by atoms with Gasteiger partial charge in [0.2, 0.25) is 0 Å². The zero-order valence-corrected chi connectivity index (χ0v) is 7.60. The van der Waals surface area contributed by atoms with Crippen LogP contribution in [0.15, 0.2) is 6.20 Å². The fraction of sp³-hybridized carbons (Fsp3) is 0.571. The number of ether oxygens (including phenoxy) is 1. The van der Waals surface area contributed by atoms with Gasteiger partial charge >= 0.3 is 5.97 Å². The van der Waals surface area contributed by atoms with Gasteiger partial charge in [0.25, 0.3) is 0 Å². The van der Waals surface area contributed by atoms with E-state index in [4.69, 9.17) is 5.73 Å². The van der Waals surface area contributed by atoms with E-state index in [2.05, 4.69) is 15.0 Å². The van der Waals surface area contributed by atoms with E-state index in [-0.39, 0.29) is 11.7 Å². The van der Waals surface area contributed by atoms with Crippen molar-refractivity contribution in [3.8, 4) is 0 Å². The molecule has 1 heterocycles. The molecule has 0 fully saturated rings. The maximum Gasteiger partial charge on any atom is 0.360 e. The third-order valence-electron chi connectivity index (χ3n) is 1.41. The number of methoxy groups -OCH3 is 1. The summed E-state index contributed by atoms with van der Waals surface area (Å²) >= 11 is 0. The highest BCUT2D eigenvalue weighted by atomic mass is 16.5. The summed E-state index contributed by atoms with van der Waals surface area (Å²) < 4.78 is 5.98. The minimum Gasteiger partial charge on any atom is -0.464 e. The second-order valence-corrected chi connectivity index (χ2v) is 2.79. The molecule has 0 amide bonds. The number of carbonyl (C=O) groups is 1. The van der Waals surface area contributed by atoms with Crippen LogP contribution in [0.1, 0.15) is 17.4 Å². The van der Waals surface area contributed by atoms with Gasteiger partial charge in [0.1, 0.15) is 0 Å². The number of esters is 1. The zero-order chi connectivity index (χ0) is 9.84. The molecule has 0 saturated carbocycles. The average molecular weight is 184 g/mol. The van der Waals surface area contributed by atoms with Crippen LogP contribution in [0.2, 0.25) is 0 Å². The number of nitrogens with zero attached hydrogens (tertiary/aromatic N) is 3. The minimum atomic E-state index is -0.490. The molecule has 6 heteroatoms. The Morgan fingerprint density at radius 1 is 1.85 bits per heavy atom. The summed E-state index contributed by atoms with van der Waals surface area (Å²) in [4.78, 5) is 10.9. The van der Waals surface area contributed by atoms with Gasteiger partial charge in [0, 0.05) is 6.04 Å². The molecule has 0 aliphatic carbocycles. The van der Waals surface area contributed by atoms with Crippen LogP contribution in [0, 0.1) is 0 Å². The number of carbonyl (C=O) groups excluding carboxylic acids is 1. The van der Waals surface area contributed by atoms with Gasteiger partial charge in [-0.2, -0.15) is 0 Å². The minimum absolute atomic E-state index is 0.0211. The Kier molecular flexibility index (Phi) is 2.97. The Morgan fingerprint density at radius 3 is 3.08 bits per heavy atom. The first-order chi connectivity index (χ1) is 6.13. The van der Waals surface area contributed by atoms with Gasteiger partial charge in [-0.1, -0.05) is 5.21 Å². The second kappa shape index (κ2) is 3.99. The average Bonchev–Trinajstić information content (AvgIpc) is 2.50. The third-order valence-corrected chi connectivity index (χ3v) is 1.41. The standard InChI is InChI=1S/C7H12N4O2/c1-5(8)3-11-4-6(9-10-11)7(12)13-2/h4-5H,3,8H2,1-2H3/t5-/m0/s1. The molecule has 0 unspecified atom stereocenters. The number of rotatable bonds is 3. The van der Waals surface area contributed by atoms with Crippen LogP contribution in [-0.2, 0) is 11.3 Å². The van der Waals surface area contributed by atoms with Crippen molar-refractivity contribution < 1.29 is 9.53 Å². The van der Waals surface area contributed by atoms with Crippen molar-refractivity contribution in [1.29, 1.82) is 0 Å². The van der Waals surface area contributed by atoms with E-state index in [0.717, 1.165) is 0 Å². The van der Waals surface area contributed by atoms with Crippen LogP contribution in [0.25, 0.3) is 0 Å². The normalized spacial score (nSPS) is 12.5. The lowest BCUT2D eigenvalue weighted by atomic mass is 10.4. The molecule has 0 radical (unpaired) electrons. The zero-order valence-electron chi connectivity index (χ0n) is 7.60. The fourth-order valence-corrected chi connectivity index (χ4v) is 0.881. The third kappa shape index (κ3) is 2.51. The van der Waals surface area contributed by atoms with Crippen molar-refractivity contribution in [2.75, 3.05) is 7.11 Å². The van der Waals surface area contributed by atoms with E-state index >= 15 is 0 Å². The summed E-state index contributed by atoms with van der Waals surface area (Å²) in [6, 6.07) is -0.0211. The Morgan fingerprint density at radius 2 is 2.54 bits per heavy atom. The van der Waals surface area contributed by atoms with Gasteiger partial charge in [0.15, 0.2) is 5.69 Å². The van der Waals surface area contributed by atoms with Gasteiger partial charge in [0.05, 0.1) is 19.9 Å². The van der Waals surface area contributed by atoms with Gasteiger partial charge in [-0.3, -0.25) is 4.68 Å². The number of hydrogen-bond donors (Lipinski definition) is 1. The summed E-state index contributed by atoms with van der Waals surface area (Å²) in [5.41, 5.74) is 5.73. The van der Waals surface area contributed by atoms with Crippen LogP contribution >= 0.6 is 0 Å². The monoisotopic (exact) mass is 184 g/mol. The Labute approximate surface area is 75.7 Å². The maximum atomic E-state index is 10.9. The molecular weight excluding hydrogens is 172 g/mol. The molecule has 0 aliphatic heterocycles. The molecule has 2 N–H and O–H groups in total. The highest BCUT2D eigenvalue weighted by Gasteiger charge is 2.10. The molecule has 1 aromatic rings. The van der Waals surface area contributed by atoms with Crippen LogP contribution < -0.4 is 5.73 Å². The van der Waals surface area contributed by atoms with E-state index in [1.54, 1.807) is 0 Å². The van der Waals surface area contributed by atoms with Gasteiger partial charge in [-0.25, -0.2) is 4.79 Å². The van der Waals surface area contributed by atoms with Crippen molar-refractivity contribution in [1.82, 2.24) is 15.0 Å². The van der Waals surface area contributed by atoms with Crippen LogP contribution in [0.5, 0.6) is 0 Å². The van der Waals surface area contributed by atoms with Gasteiger partial charge < -0.3 is 10.5 Å². The summed E-state index contributed by atoms with van der Waals surface area (Å²) in [5, 5.41) is 7.33. The highest BCUT2D eigenvalue weighted by molar-refractivity contribution is 5.86. The molecule has 0 saturated heterocycles. The van der Waals surface area contributed by atoms with E-state index < -0.39 is 5.97 Å². The quantitative estimate of drug-likeness (QED) is 0.635. The van der Waals surface area contributed by atoms with Crippen molar-refractivity contribution in [2.45, 2.75) is 19.5 Å². The first kappa shape index (κ1) is 9.66. The largest absolute Gasteiger partial charge is 0.464 e. The van der Waals surface area contributed by atoms with Crippen LogP contribution in [-0.4, -0.2) is 34.1 Å². The fourth-order valence-electron chi connectivity index (χ4n) is 0.881.